The molecule has 2 aromatic carbocycles. The van der Waals surface area contributed by atoms with Crippen LogP contribution in [0, 0.1) is 11.8 Å². The zero-order chi connectivity index (χ0) is 29.4. The Morgan fingerprint density at radius 2 is 1.78 bits per heavy atom. The van der Waals surface area contributed by atoms with Crippen molar-refractivity contribution in [2.45, 2.75) is 64.1 Å². The molecule has 1 aliphatic heterocycles. The Balaban J connectivity index is 1.60. The number of benzene rings is 2. The lowest BCUT2D eigenvalue weighted by Crippen LogP contribution is -2.58. The van der Waals surface area contributed by atoms with E-state index in [1.807, 2.05) is 44.2 Å². The van der Waals surface area contributed by atoms with Crippen molar-refractivity contribution < 1.29 is 19.1 Å². The highest BCUT2D eigenvalue weighted by Crippen LogP contribution is 2.33. The molecule has 4 rings (SSSR count). The van der Waals surface area contributed by atoms with E-state index in [9.17, 15) is 14.4 Å². The third kappa shape index (κ3) is 8.81. The van der Waals surface area contributed by atoms with Crippen LogP contribution in [-0.4, -0.2) is 55.5 Å². The van der Waals surface area contributed by atoms with Gasteiger partial charge in [-0.25, -0.2) is 0 Å². The number of nitrogens with one attached hydrogen (secondary N) is 4. The molecular weight excluding hydrogens is 540 g/mol. The standard InChI is InChI=1S/C32H41ClN4O4/c1-20(2)28-31(39)36-26(18-22-13-14-22)30(38)35-15-7-10-23-8-4-5-12-27(23)41-17-16-34-29(32(40)37-28)21(3)24-9-6-11-25(33)19-24/h4-6,8-9,11-12,19-20,22,26,28-29,34H,3,7,10,13-18H2,1-2H3,(H,35,38)(H,36,39)(H,37,40)/t26-,28+,29+/m0/s1. The molecule has 1 heterocycles. The number of carbonyl (C=O) groups is 3. The van der Waals surface area contributed by atoms with Gasteiger partial charge in [0.15, 0.2) is 0 Å². The first kappa shape index (κ1) is 30.6. The molecule has 220 valence electrons. The summed E-state index contributed by atoms with van der Waals surface area (Å²) in [7, 11) is 0. The summed E-state index contributed by atoms with van der Waals surface area (Å²) in [5, 5.41) is 12.7. The van der Waals surface area contributed by atoms with Crippen LogP contribution < -0.4 is 26.0 Å². The molecule has 0 aromatic heterocycles. The van der Waals surface area contributed by atoms with Gasteiger partial charge in [0.1, 0.15) is 30.5 Å². The highest BCUT2D eigenvalue weighted by molar-refractivity contribution is 6.30. The second-order valence-electron chi connectivity index (χ2n) is 11.2. The Hall–Kier alpha value is -3.36. The summed E-state index contributed by atoms with van der Waals surface area (Å²) in [6.07, 6.45) is 4.17. The van der Waals surface area contributed by atoms with Crippen molar-refractivity contribution in [1.29, 1.82) is 0 Å². The van der Waals surface area contributed by atoms with Gasteiger partial charge in [-0.15, -0.1) is 0 Å². The summed E-state index contributed by atoms with van der Waals surface area (Å²) in [6.45, 7) is 9.11. The van der Waals surface area contributed by atoms with Crippen LogP contribution in [0.2, 0.25) is 5.02 Å². The van der Waals surface area contributed by atoms with Gasteiger partial charge in [-0.3, -0.25) is 19.7 Å². The molecule has 0 spiro atoms. The summed E-state index contributed by atoms with van der Waals surface area (Å²) in [6, 6.07) is 12.7. The van der Waals surface area contributed by atoms with E-state index < -0.39 is 24.0 Å². The molecule has 9 heteroatoms. The number of ether oxygens (including phenoxy) is 1. The van der Waals surface area contributed by atoms with Gasteiger partial charge in [0.25, 0.3) is 0 Å². The van der Waals surface area contributed by atoms with E-state index in [1.165, 1.54) is 0 Å². The molecule has 41 heavy (non-hydrogen) atoms. The normalized spacial score (nSPS) is 23.2. The Labute approximate surface area is 247 Å². The molecule has 0 radical (unpaired) electrons. The molecule has 1 fully saturated rings. The number of aryl methyl sites for hydroxylation is 1. The fourth-order valence-corrected chi connectivity index (χ4v) is 5.20. The summed E-state index contributed by atoms with van der Waals surface area (Å²) >= 11 is 6.23. The van der Waals surface area contributed by atoms with Crippen molar-refractivity contribution in [3.05, 3.63) is 71.3 Å². The monoisotopic (exact) mass is 580 g/mol. The zero-order valence-electron chi connectivity index (χ0n) is 23.9. The number of para-hydroxylation sites is 1. The molecule has 4 N–H and O–H groups in total. The third-order valence-electron chi connectivity index (χ3n) is 7.55. The molecule has 3 atom stereocenters. The van der Waals surface area contributed by atoms with Crippen LogP contribution in [0.25, 0.3) is 5.57 Å². The number of hydrogen-bond donors (Lipinski definition) is 4. The number of halogens is 1. The van der Waals surface area contributed by atoms with Gasteiger partial charge in [0.2, 0.25) is 17.7 Å². The van der Waals surface area contributed by atoms with Gasteiger partial charge < -0.3 is 20.7 Å². The lowest BCUT2D eigenvalue weighted by molar-refractivity contribution is -0.133. The van der Waals surface area contributed by atoms with E-state index >= 15 is 0 Å². The number of amides is 3. The van der Waals surface area contributed by atoms with Gasteiger partial charge in [0, 0.05) is 18.1 Å². The Kier molecular flexibility index (Phi) is 10.8. The molecule has 0 saturated heterocycles. The number of hydrogen-bond acceptors (Lipinski definition) is 5. The van der Waals surface area contributed by atoms with E-state index in [0.29, 0.717) is 48.2 Å². The van der Waals surface area contributed by atoms with Gasteiger partial charge in [0.05, 0.1) is 0 Å². The SMILES string of the molecule is C=C(c1cccc(Cl)c1)[C@H]1NCCOc2ccccc2CCCNC(=O)[C@H](CC2CC2)NC(=O)[C@@H](C(C)C)NC1=O. The van der Waals surface area contributed by atoms with Crippen LogP contribution in [0.5, 0.6) is 5.75 Å². The second-order valence-corrected chi connectivity index (χ2v) is 11.7. The van der Waals surface area contributed by atoms with Gasteiger partial charge >= 0.3 is 0 Å². The minimum Gasteiger partial charge on any atom is -0.492 e. The number of rotatable bonds is 5. The Morgan fingerprint density at radius 3 is 2.51 bits per heavy atom. The van der Waals surface area contributed by atoms with E-state index in [2.05, 4.69) is 27.8 Å². The van der Waals surface area contributed by atoms with Crippen LogP contribution in [0.4, 0.5) is 0 Å². The lowest BCUT2D eigenvalue weighted by Gasteiger charge is -2.28. The van der Waals surface area contributed by atoms with E-state index in [4.69, 9.17) is 16.3 Å². The third-order valence-corrected chi connectivity index (χ3v) is 7.79. The van der Waals surface area contributed by atoms with Gasteiger partial charge in [-0.05, 0) is 66.0 Å². The quantitative estimate of drug-likeness (QED) is 0.429. The predicted octanol–water partition coefficient (Wildman–Crippen LogP) is 3.88. The smallest absolute Gasteiger partial charge is 0.243 e. The second kappa shape index (κ2) is 14.5. The molecule has 8 nitrogen and oxygen atoms in total. The van der Waals surface area contributed by atoms with E-state index in [-0.39, 0.29) is 17.7 Å². The molecule has 2 aliphatic rings. The topological polar surface area (TPSA) is 109 Å². The average molecular weight is 581 g/mol. The van der Waals surface area contributed by atoms with Crippen LogP contribution in [-0.2, 0) is 20.8 Å². The first-order valence-corrected chi connectivity index (χ1v) is 14.9. The maximum Gasteiger partial charge on any atom is 0.243 e. The Bertz CT molecular complexity index is 1250. The average Bonchev–Trinajstić information content (AvgIpc) is 3.77. The zero-order valence-corrected chi connectivity index (χ0v) is 24.6. The minimum atomic E-state index is -0.842. The van der Waals surface area contributed by atoms with E-state index in [0.717, 1.165) is 37.0 Å². The molecule has 0 unspecified atom stereocenters. The fourth-order valence-electron chi connectivity index (χ4n) is 5.01. The lowest BCUT2D eigenvalue weighted by atomic mass is 9.97. The fraction of sp³-hybridized carbons (Fsp3) is 0.469. The predicted molar refractivity (Wildman–Crippen MR) is 162 cm³/mol. The molecule has 2 aromatic rings. The van der Waals surface area contributed by atoms with Crippen LogP contribution in [0.15, 0.2) is 55.1 Å². The first-order chi connectivity index (χ1) is 19.7. The van der Waals surface area contributed by atoms with Crippen molar-refractivity contribution in [3.8, 4) is 5.75 Å². The Morgan fingerprint density at radius 1 is 1.00 bits per heavy atom. The highest BCUT2D eigenvalue weighted by atomic mass is 35.5. The number of carbonyl (C=O) groups excluding carboxylic acids is 3. The summed E-state index contributed by atoms with van der Waals surface area (Å²) in [5.74, 6) is 0.0191. The molecule has 0 bridgehead atoms. The van der Waals surface area contributed by atoms with Crippen LogP contribution in [0.1, 0.15) is 50.7 Å². The van der Waals surface area contributed by atoms with Gasteiger partial charge in [-0.2, -0.15) is 0 Å². The van der Waals surface area contributed by atoms with Gasteiger partial charge in [-0.1, -0.05) is 75.2 Å². The van der Waals surface area contributed by atoms with E-state index in [1.54, 1.807) is 18.2 Å². The molecular formula is C32H41ClN4O4. The minimum absolute atomic E-state index is 0.196. The molecule has 1 saturated carbocycles. The maximum absolute atomic E-state index is 13.7. The van der Waals surface area contributed by atoms with Crippen LogP contribution in [0.3, 0.4) is 0 Å². The van der Waals surface area contributed by atoms with Crippen molar-refractivity contribution in [3.63, 3.8) is 0 Å². The largest absolute Gasteiger partial charge is 0.492 e. The van der Waals surface area contributed by atoms with Crippen molar-refractivity contribution in [2.24, 2.45) is 11.8 Å². The van der Waals surface area contributed by atoms with Crippen molar-refractivity contribution in [1.82, 2.24) is 21.3 Å². The molecule has 1 aliphatic carbocycles. The highest BCUT2D eigenvalue weighted by Gasteiger charge is 2.34. The number of fused-ring (bicyclic) bond motifs is 1. The van der Waals surface area contributed by atoms with Crippen molar-refractivity contribution in [2.75, 3.05) is 19.7 Å². The summed E-state index contributed by atoms with van der Waals surface area (Å²) < 4.78 is 6.09. The van der Waals surface area contributed by atoms with Crippen molar-refractivity contribution >= 4 is 34.9 Å². The molecule has 3 amide bonds. The summed E-state index contributed by atoms with van der Waals surface area (Å²) in [4.78, 5) is 40.4. The van der Waals surface area contributed by atoms with Crippen LogP contribution >= 0.6 is 11.6 Å². The maximum atomic E-state index is 13.7. The summed E-state index contributed by atoms with van der Waals surface area (Å²) in [5.41, 5.74) is 2.28. The first-order valence-electron chi connectivity index (χ1n) is 14.5.